The van der Waals surface area contributed by atoms with E-state index >= 15 is 0 Å². The number of rotatable bonds is 5. The highest BCUT2D eigenvalue weighted by Crippen LogP contribution is 1.98. The van der Waals surface area contributed by atoms with Crippen molar-refractivity contribution in [3.8, 4) is 0 Å². The largest absolute Gasteiger partial charge is 0.382 e. The van der Waals surface area contributed by atoms with Gasteiger partial charge >= 0.3 is 0 Å². The molecule has 1 unspecified atom stereocenters. The molecule has 0 bridgehead atoms. The van der Waals surface area contributed by atoms with Gasteiger partial charge in [-0.05, 0) is 19.8 Å². The van der Waals surface area contributed by atoms with Gasteiger partial charge in [-0.2, -0.15) is 0 Å². The topological polar surface area (TPSA) is 50.4 Å². The normalized spacial score (nSPS) is 22.8. The minimum absolute atomic E-state index is 0.0939. The van der Waals surface area contributed by atoms with Crippen LogP contribution in [0.4, 0.5) is 0 Å². The van der Waals surface area contributed by atoms with E-state index in [1.54, 1.807) is 0 Å². The molecule has 0 spiro atoms. The first kappa shape index (κ1) is 9.48. The van der Waals surface area contributed by atoms with Gasteiger partial charge in [0.25, 0.3) is 0 Å². The molecule has 4 heteroatoms. The van der Waals surface area contributed by atoms with Crippen molar-refractivity contribution < 1.29 is 9.53 Å². The van der Waals surface area contributed by atoms with Crippen molar-refractivity contribution in [3.05, 3.63) is 0 Å². The molecule has 1 saturated heterocycles. The van der Waals surface area contributed by atoms with Gasteiger partial charge < -0.3 is 10.1 Å². The second-order valence-electron chi connectivity index (χ2n) is 2.84. The van der Waals surface area contributed by atoms with Crippen LogP contribution in [0.2, 0.25) is 0 Å². The van der Waals surface area contributed by atoms with Crippen molar-refractivity contribution in [1.82, 2.24) is 10.6 Å². The van der Waals surface area contributed by atoms with Crippen LogP contribution < -0.4 is 10.6 Å². The number of amides is 1. The third kappa shape index (κ3) is 3.19. The van der Waals surface area contributed by atoms with Gasteiger partial charge in [0.15, 0.2) is 0 Å². The Morgan fingerprint density at radius 2 is 2.50 bits per heavy atom. The molecule has 0 aliphatic carbocycles. The van der Waals surface area contributed by atoms with E-state index in [-0.39, 0.29) is 12.1 Å². The molecule has 0 saturated carbocycles. The maximum absolute atomic E-state index is 10.7. The Morgan fingerprint density at radius 1 is 1.67 bits per heavy atom. The Kier molecular flexibility index (Phi) is 4.04. The van der Waals surface area contributed by atoms with Gasteiger partial charge in [0.2, 0.25) is 5.91 Å². The van der Waals surface area contributed by atoms with Crippen LogP contribution in [0.1, 0.15) is 19.8 Å². The molecule has 2 N–H and O–H groups in total. The van der Waals surface area contributed by atoms with Gasteiger partial charge in [0.05, 0.1) is 12.7 Å². The van der Waals surface area contributed by atoms with Crippen LogP contribution in [0.15, 0.2) is 0 Å². The zero-order chi connectivity index (χ0) is 8.81. The van der Waals surface area contributed by atoms with Crippen LogP contribution in [0.25, 0.3) is 0 Å². The summed E-state index contributed by atoms with van der Waals surface area (Å²) in [5.74, 6) is 0.0939. The zero-order valence-electron chi connectivity index (χ0n) is 7.43. The summed E-state index contributed by atoms with van der Waals surface area (Å²) in [6, 6.07) is 0. The number of hydrogen-bond acceptors (Lipinski definition) is 3. The van der Waals surface area contributed by atoms with Gasteiger partial charge in [-0.15, -0.1) is 0 Å². The van der Waals surface area contributed by atoms with E-state index in [0.29, 0.717) is 6.54 Å². The van der Waals surface area contributed by atoms with Gasteiger partial charge in [-0.3, -0.25) is 10.1 Å². The molecule has 0 aromatic heterocycles. The molecule has 0 radical (unpaired) electrons. The maximum atomic E-state index is 10.7. The first-order valence-electron chi connectivity index (χ1n) is 4.43. The zero-order valence-corrected chi connectivity index (χ0v) is 7.43. The lowest BCUT2D eigenvalue weighted by Gasteiger charge is -2.09. The van der Waals surface area contributed by atoms with Gasteiger partial charge in [-0.1, -0.05) is 0 Å². The predicted molar refractivity (Wildman–Crippen MR) is 45.7 cm³/mol. The maximum Gasteiger partial charge on any atom is 0.235 e. The molecule has 1 amide bonds. The molecule has 1 aliphatic heterocycles. The molecule has 0 aromatic rings. The molecular weight excluding hydrogens is 156 g/mol. The molecule has 12 heavy (non-hydrogen) atoms. The van der Waals surface area contributed by atoms with Crippen LogP contribution in [-0.2, 0) is 9.53 Å². The molecule has 1 atom stereocenters. The summed E-state index contributed by atoms with van der Waals surface area (Å²) in [5.41, 5.74) is 0. The predicted octanol–water partition coefficient (Wildman–Crippen LogP) is -0.151. The van der Waals surface area contributed by atoms with Crippen molar-refractivity contribution in [1.29, 1.82) is 0 Å². The lowest BCUT2D eigenvalue weighted by molar-refractivity contribution is -0.118. The van der Waals surface area contributed by atoms with Crippen molar-refractivity contribution in [2.75, 3.05) is 19.8 Å². The minimum atomic E-state index is 0.0939. The van der Waals surface area contributed by atoms with E-state index in [1.165, 1.54) is 0 Å². The molecule has 1 fully saturated rings. The average Bonchev–Trinajstić information content (AvgIpc) is 2.45. The van der Waals surface area contributed by atoms with Gasteiger partial charge in [-0.25, -0.2) is 0 Å². The van der Waals surface area contributed by atoms with Crippen molar-refractivity contribution in [2.24, 2.45) is 0 Å². The number of nitrogens with one attached hydrogen (secondary N) is 2. The van der Waals surface area contributed by atoms with Crippen LogP contribution in [0.5, 0.6) is 0 Å². The number of carbonyl (C=O) groups excluding carboxylic acids is 1. The van der Waals surface area contributed by atoms with E-state index in [1.807, 2.05) is 6.92 Å². The SMILES string of the molecule is CCOCCCC1NCC(=O)N1. The van der Waals surface area contributed by atoms with E-state index in [0.717, 1.165) is 26.1 Å². The summed E-state index contributed by atoms with van der Waals surface area (Å²) < 4.78 is 5.18. The molecule has 1 rings (SSSR count). The number of carbonyl (C=O) groups is 1. The van der Waals surface area contributed by atoms with E-state index in [9.17, 15) is 4.79 Å². The highest BCUT2D eigenvalue weighted by Gasteiger charge is 2.18. The Balaban J connectivity index is 1.97. The summed E-state index contributed by atoms with van der Waals surface area (Å²) in [4.78, 5) is 10.7. The third-order valence-corrected chi connectivity index (χ3v) is 1.83. The second-order valence-corrected chi connectivity index (χ2v) is 2.84. The van der Waals surface area contributed by atoms with Crippen LogP contribution in [0.3, 0.4) is 0 Å². The van der Waals surface area contributed by atoms with Crippen molar-refractivity contribution in [2.45, 2.75) is 25.9 Å². The fourth-order valence-electron chi connectivity index (χ4n) is 1.22. The summed E-state index contributed by atoms with van der Waals surface area (Å²) >= 11 is 0. The summed E-state index contributed by atoms with van der Waals surface area (Å²) in [6.07, 6.45) is 2.11. The second kappa shape index (κ2) is 5.11. The first-order chi connectivity index (χ1) is 5.83. The molecule has 0 aromatic carbocycles. The highest BCUT2D eigenvalue weighted by molar-refractivity contribution is 5.80. The Morgan fingerprint density at radius 3 is 3.08 bits per heavy atom. The summed E-state index contributed by atoms with van der Waals surface area (Å²) in [7, 11) is 0. The number of ether oxygens (including phenoxy) is 1. The number of hydrogen-bond donors (Lipinski definition) is 2. The van der Waals surface area contributed by atoms with E-state index < -0.39 is 0 Å². The summed E-state index contributed by atoms with van der Waals surface area (Å²) in [6.45, 7) is 3.99. The van der Waals surface area contributed by atoms with Crippen LogP contribution in [-0.4, -0.2) is 31.8 Å². The summed E-state index contributed by atoms with van der Waals surface area (Å²) in [5, 5.41) is 5.89. The lowest BCUT2D eigenvalue weighted by atomic mass is 10.3. The van der Waals surface area contributed by atoms with E-state index in [4.69, 9.17) is 4.74 Å². The minimum Gasteiger partial charge on any atom is -0.382 e. The fourth-order valence-corrected chi connectivity index (χ4v) is 1.22. The highest BCUT2D eigenvalue weighted by atomic mass is 16.5. The Hall–Kier alpha value is -0.610. The van der Waals surface area contributed by atoms with Crippen molar-refractivity contribution >= 4 is 5.91 Å². The first-order valence-corrected chi connectivity index (χ1v) is 4.43. The third-order valence-electron chi connectivity index (χ3n) is 1.83. The average molecular weight is 172 g/mol. The molecule has 4 nitrogen and oxygen atoms in total. The smallest absolute Gasteiger partial charge is 0.235 e. The molecule has 1 aliphatic rings. The Labute approximate surface area is 72.7 Å². The van der Waals surface area contributed by atoms with Gasteiger partial charge in [0.1, 0.15) is 0 Å². The van der Waals surface area contributed by atoms with Gasteiger partial charge in [0, 0.05) is 13.2 Å². The van der Waals surface area contributed by atoms with E-state index in [2.05, 4.69) is 10.6 Å². The van der Waals surface area contributed by atoms with Crippen LogP contribution >= 0.6 is 0 Å². The standard InChI is InChI=1S/C8H16N2O2/c1-2-12-5-3-4-7-9-6-8(11)10-7/h7,9H,2-6H2,1H3,(H,10,11). The quantitative estimate of drug-likeness (QED) is 0.567. The van der Waals surface area contributed by atoms with Crippen LogP contribution in [0, 0.1) is 0 Å². The monoisotopic (exact) mass is 172 g/mol. The molecule has 1 heterocycles. The fraction of sp³-hybridized carbons (Fsp3) is 0.875. The lowest BCUT2D eigenvalue weighted by Crippen LogP contribution is -2.32. The van der Waals surface area contributed by atoms with Crippen molar-refractivity contribution in [3.63, 3.8) is 0 Å². The Bertz CT molecular complexity index is 150. The molecule has 70 valence electrons. The molecular formula is C8H16N2O2.